The van der Waals surface area contributed by atoms with Crippen molar-refractivity contribution in [2.45, 2.75) is 0 Å². The Bertz CT molecular complexity index is 687. The van der Waals surface area contributed by atoms with E-state index in [1.807, 2.05) is 0 Å². The molecule has 9 heteroatoms. The average Bonchev–Trinajstić information content (AvgIpc) is 3.10. The van der Waals surface area contributed by atoms with Gasteiger partial charge >= 0.3 is 5.97 Å². The summed E-state index contributed by atoms with van der Waals surface area (Å²) in [5, 5.41) is 14.4. The summed E-state index contributed by atoms with van der Waals surface area (Å²) < 4.78 is 4.99. The molecule has 0 saturated carbocycles. The van der Waals surface area contributed by atoms with Gasteiger partial charge in [-0.15, -0.1) is 11.3 Å². The Morgan fingerprint density at radius 2 is 2.33 bits per heavy atom. The molecule has 0 bridgehead atoms. The van der Waals surface area contributed by atoms with Gasteiger partial charge in [-0.1, -0.05) is 5.16 Å². The third-order valence-electron chi connectivity index (χ3n) is 2.14. The minimum atomic E-state index is -1.17. The molecular weight excluding hydrogens is 258 g/mol. The van der Waals surface area contributed by atoms with E-state index in [4.69, 9.17) is 9.63 Å². The molecule has 0 saturated heterocycles. The van der Waals surface area contributed by atoms with Crippen molar-refractivity contribution in [2.24, 2.45) is 0 Å². The summed E-state index contributed by atoms with van der Waals surface area (Å²) in [6, 6.07) is 0. The lowest BCUT2D eigenvalue weighted by Crippen LogP contribution is -1.99. The van der Waals surface area contributed by atoms with Crippen molar-refractivity contribution >= 4 is 17.3 Å². The van der Waals surface area contributed by atoms with Crippen molar-refractivity contribution in [3.8, 4) is 23.1 Å². The Morgan fingerprint density at radius 1 is 1.44 bits per heavy atom. The minimum absolute atomic E-state index is 0.0629. The fraction of sp³-hybridized carbons (Fsp3) is 0. The molecule has 8 nitrogen and oxygen atoms in total. The molecule has 90 valence electrons. The number of carboxylic acids is 1. The summed E-state index contributed by atoms with van der Waals surface area (Å²) in [4.78, 5) is 25.3. The van der Waals surface area contributed by atoms with E-state index in [0.29, 0.717) is 11.5 Å². The number of carboxylic acid groups (broad SMARTS) is 1. The number of hydrogen-bond acceptors (Lipinski definition) is 7. The first-order chi connectivity index (χ1) is 8.75. The molecule has 0 aliphatic heterocycles. The van der Waals surface area contributed by atoms with Crippen molar-refractivity contribution in [1.82, 2.24) is 25.1 Å². The largest absolute Gasteiger partial charge is 0.476 e. The number of H-pyrrole nitrogens is 1. The number of aromatic carboxylic acids is 1. The smallest absolute Gasteiger partial charge is 0.356 e. The number of nitrogens with zero attached hydrogens (tertiary/aromatic N) is 4. The van der Waals surface area contributed by atoms with Crippen LogP contribution in [0.15, 0.2) is 21.7 Å². The number of rotatable bonds is 3. The minimum Gasteiger partial charge on any atom is -0.476 e. The van der Waals surface area contributed by atoms with Gasteiger partial charge in [-0.3, -0.25) is 0 Å². The van der Waals surface area contributed by atoms with Crippen LogP contribution >= 0.6 is 11.3 Å². The molecule has 0 aliphatic rings. The van der Waals surface area contributed by atoms with Crippen LogP contribution in [0.25, 0.3) is 23.1 Å². The van der Waals surface area contributed by atoms with Gasteiger partial charge in [0, 0.05) is 5.38 Å². The molecule has 0 amide bonds. The molecule has 3 aromatic rings. The number of carbonyl (C=O) groups is 1. The van der Waals surface area contributed by atoms with Crippen molar-refractivity contribution in [3.63, 3.8) is 0 Å². The predicted octanol–water partition coefficient (Wildman–Crippen LogP) is 1.28. The highest BCUT2D eigenvalue weighted by molar-refractivity contribution is 7.07. The van der Waals surface area contributed by atoms with Crippen LogP contribution in [0.4, 0.5) is 0 Å². The van der Waals surface area contributed by atoms with Gasteiger partial charge in [0.1, 0.15) is 11.4 Å². The second-order valence-corrected chi connectivity index (χ2v) is 3.95. The van der Waals surface area contributed by atoms with E-state index in [1.54, 1.807) is 10.9 Å². The van der Waals surface area contributed by atoms with Crippen LogP contribution in [0.3, 0.4) is 0 Å². The molecule has 0 spiro atoms. The number of imidazole rings is 1. The summed E-state index contributed by atoms with van der Waals surface area (Å²) in [7, 11) is 0. The lowest BCUT2D eigenvalue weighted by Gasteiger charge is -1.90. The number of aromatic nitrogens is 5. The van der Waals surface area contributed by atoms with E-state index < -0.39 is 5.97 Å². The Kier molecular flexibility index (Phi) is 2.38. The molecule has 0 aromatic carbocycles. The fourth-order valence-electron chi connectivity index (χ4n) is 1.37. The number of thiazole rings is 1. The van der Waals surface area contributed by atoms with Gasteiger partial charge in [-0.25, -0.2) is 14.8 Å². The summed E-state index contributed by atoms with van der Waals surface area (Å²) >= 11 is 1.40. The van der Waals surface area contributed by atoms with E-state index >= 15 is 0 Å². The predicted molar refractivity (Wildman–Crippen MR) is 59.9 cm³/mol. The molecular formula is C9H5N5O3S. The van der Waals surface area contributed by atoms with Crippen LogP contribution < -0.4 is 0 Å². The Hall–Kier alpha value is -2.55. The highest BCUT2D eigenvalue weighted by Gasteiger charge is 2.20. The summed E-state index contributed by atoms with van der Waals surface area (Å²) in [6.45, 7) is 0. The Morgan fingerprint density at radius 3 is 3.06 bits per heavy atom. The number of aromatic amines is 1. The van der Waals surface area contributed by atoms with Crippen LogP contribution in [0.1, 0.15) is 10.5 Å². The topological polar surface area (TPSA) is 118 Å². The molecule has 18 heavy (non-hydrogen) atoms. The fourth-order valence-corrected chi connectivity index (χ4v) is 1.90. The van der Waals surface area contributed by atoms with Gasteiger partial charge in [-0.05, 0) is 0 Å². The third-order valence-corrected chi connectivity index (χ3v) is 2.73. The highest BCUT2D eigenvalue weighted by Crippen LogP contribution is 2.22. The van der Waals surface area contributed by atoms with Crippen molar-refractivity contribution in [2.75, 3.05) is 0 Å². The van der Waals surface area contributed by atoms with Crippen LogP contribution in [0.5, 0.6) is 0 Å². The van der Waals surface area contributed by atoms with Crippen LogP contribution in [0.2, 0.25) is 0 Å². The lowest BCUT2D eigenvalue weighted by atomic mass is 10.3. The maximum atomic E-state index is 10.9. The lowest BCUT2D eigenvalue weighted by molar-refractivity contribution is 0.0691. The van der Waals surface area contributed by atoms with E-state index in [2.05, 4.69) is 25.1 Å². The summed E-state index contributed by atoms with van der Waals surface area (Å²) in [6.07, 6.45) is 1.26. The monoisotopic (exact) mass is 263 g/mol. The molecule has 3 rings (SSSR count). The molecule has 2 N–H and O–H groups in total. The second-order valence-electron chi connectivity index (χ2n) is 3.23. The van der Waals surface area contributed by atoms with Gasteiger partial charge in [0.2, 0.25) is 5.82 Å². The molecule has 0 unspecified atom stereocenters. The molecule has 0 fully saturated rings. The first kappa shape index (κ1) is 10.6. The maximum absolute atomic E-state index is 10.9. The molecule has 0 radical (unpaired) electrons. The van der Waals surface area contributed by atoms with E-state index in [0.717, 1.165) is 0 Å². The van der Waals surface area contributed by atoms with Gasteiger partial charge in [0.25, 0.3) is 5.89 Å². The quantitative estimate of drug-likeness (QED) is 0.730. The normalized spacial score (nSPS) is 10.7. The number of hydrogen-bond donors (Lipinski definition) is 2. The Labute approximate surface area is 103 Å². The maximum Gasteiger partial charge on any atom is 0.356 e. The standard InChI is InChI=1S/C9H5N5O3S/c15-9(16)6-5(10-2-11-6)8-13-7(14-17-8)4-1-18-3-12-4/h1-3H,(H,10,11)(H,15,16). The van der Waals surface area contributed by atoms with Crippen molar-refractivity contribution in [3.05, 3.63) is 22.9 Å². The zero-order chi connectivity index (χ0) is 12.5. The second kappa shape index (κ2) is 4.04. The van der Waals surface area contributed by atoms with Crippen molar-refractivity contribution < 1.29 is 14.4 Å². The molecule has 0 aliphatic carbocycles. The Balaban J connectivity index is 2.03. The van der Waals surface area contributed by atoms with Crippen molar-refractivity contribution in [1.29, 1.82) is 0 Å². The van der Waals surface area contributed by atoms with Crippen LogP contribution in [-0.4, -0.2) is 36.2 Å². The summed E-state index contributed by atoms with van der Waals surface area (Å²) in [5.74, 6) is -0.801. The third kappa shape index (κ3) is 1.66. The first-order valence-electron chi connectivity index (χ1n) is 4.75. The molecule has 3 heterocycles. The average molecular weight is 263 g/mol. The van der Waals surface area contributed by atoms with Gasteiger partial charge < -0.3 is 14.6 Å². The van der Waals surface area contributed by atoms with E-state index in [1.165, 1.54) is 17.7 Å². The highest BCUT2D eigenvalue weighted by atomic mass is 32.1. The van der Waals surface area contributed by atoms with E-state index in [9.17, 15) is 4.79 Å². The van der Waals surface area contributed by atoms with Crippen LogP contribution in [0, 0.1) is 0 Å². The van der Waals surface area contributed by atoms with Gasteiger partial charge in [0.05, 0.1) is 11.8 Å². The molecule has 0 atom stereocenters. The van der Waals surface area contributed by atoms with Gasteiger partial charge in [-0.2, -0.15) is 4.98 Å². The zero-order valence-electron chi connectivity index (χ0n) is 8.69. The van der Waals surface area contributed by atoms with E-state index in [-0.39, 0.29) is 17.3 Å². The molecule has 3 aromatic heterocycles. The number of nitrogens with one attached hydrogen (secondary N) is 1. The van der Waals surface area contributed by atoms with Gasteiger partial charge in [0.15, 0.2) is 5.69 Å². The SMILES string of the molecule is O=C(O)c1nc[nH]c1-c1nc(-c2cscn2)no1. The van der Waals surface area contributed by atoms with Crippen LogP contribution in [-0.2, 0) is 0 Å². The summed E-state index contributed by atoms with van der Waals surface area (Å²) in [5.41, 5.74) is 2.23. The first-order valence-corrected chi connectivity index (χ1v) is 5.69. The zero-order valence-corrected chi connectivity index (χ0v) is 9.51.